The van der Waals surface area contributed by atoms with Crippen LogP contribution in [0.4, 0.5) is 4.39 Å². The van der Waals surface area contributed by atoms with Crippen LogP contribution in [0.2, 0.25) is 0 Å². The van der Waals surface area contributed by atoms with Gasteiger partial charge in [0.1, 0.15) is 29.0 Å². The SMILES string of the molecule is C=N/C=C1/C=C(c2cccc(-c3cc(OC)ccc3OC)c2F)C(=NC)NC1=NC.CN.NS(=O)[O-]. The van der Waals surface area contributed by atoms with Crippen molar-refractivity contribution in [3.05, 3.63) is 65.6 Å². The van der Waals surface area contributed by atoms with E-state index in [1.165, 1.54) is 7.05 Å². The van der Waals surface area contributed by atoms with Crippen molar-refractivity contribution in [1.29, 1.82) is 0 Å². The van der Waals surface area contributed by atoms with Crippen molar-refractivity contribution in [1.82, 2.24) is 5.32 Å². The van der Waals surface area contributed by atoms with Crippen molar-refractivity contribution in [2.75, 3.05) is 35.4 Å². The molecule has 0 saturated heterocycles. The van der Waals surface area contributed by atoms with Gasteiger partial charge in [-0.25, -0.2) is 4.39 Å². The predicted molar refractivity (Wildman–Crippen MR) is 144 cm³/mol. The molecule has 3 rings (SSSR count). The molecule has 1 heterocycles. The van der Waals surface area contributed by atoms with E-state index < -0.39 is 17.1 Å². The Morgan fingerprint density at radius 1 is 1.06 bits per heavy atom. The Hall–Kier alpha value is -3.71. The topological polar surface area (TPSA) is 160 Å². The van der Waals surface area contributed by atoms with Gasteiger partial charge in [-0.1, -0.05) is 18.2 Å². The zero-order valence-electron chi connectivity index (χ0n) is 20.7. The van der Waals surface area contributed by atoms with Crippen molar-refractivity contribution in [3.8, 4) is 22.6 Å². The lowest BCUT2D eigenvalue weighted by molar-refractivity contribution is 0.404. The van der Waals surface area contributed by atoms with Gasteiger partial charge < -0.3 is 25.1 Å². The highest BCUT2D eigenvalue weighted by Crippen LogP contribution is 2.37. The van der Waals surface area contributed by atoms with Crippen LogP contribution >= 0.6 is 0 Å². The van der Waals surface area contributed by atoms with Gasteiger partial charge in [0.2, 0.25) is 0 Å². The van der Waals surface area contributed by atoms with Gasteiger partial charge in [0.15, 0.2) is 0 Å². The summed E-state index contributed by atoms with van der Waals surface area (Å²) in [4.78, 5) is 12.3. The second-order valence-electron chi connectivity index (χ2n) is 6.59. The number of nitrogens with two attached hydrogens (primary N) is 2. The molecule has 0 bridgehead atoms. The molecule has 0 aromatic heterocycles. The molecule has 1 aliphatic heterocycles. The van der Waals surface area contributed by atoms with Crippen molar-refractivity contribution in [2.45, 2.75) is 0 Å². The maximum atomic E-state index is 15.8. The molecule has 0 amide bonds. The fraction of sp³-hybridized carbons (Fsp3) is 0.208. The Kier molecular flexibility index (Phi) is 12.9. The number of hydrogen-bond acceptors (Lipinski definition) is 8. The molecule has 0 radical (unpaired) electrons. The molecule has 1 unspecified atom stereocenters. The first-order valence-corrected chi connectivity index (χ1v) is 11.5. The molecule has 194 valence electrons. The molecule has 0 aliphatic carbocycles. The molecular weight excluding hydrogens is 487 g/mol. The second kappa shape index (κ2) is 15.3. The number of nitrogens with zero attached hydrogens (tertiary/aromatic N) is 3. The van der Waals surface area contributed by atoms with E-state index in [2.05, 4.69) is 37.9 Å². The summed E-state index contributed by atoms with van der Waals surface area (Å²) in [5, 5.41) is 7.16. The highest BCUT2D eigenvalue weighted by molar-refractivity contribution is 7.76. The maximum Gasteiger partial charge on any atom is 0.139 e. The Balaban J connectivity index is 0.000000982. The van der Waals surface area contributed by atoms with Crippen molar-refractivity contribution in [3.63, 3.8) is 0 Å². The van der Waals surface area contributed by atoms with Crippen LogP contribution in [0.5, 0.6) is 11.5 Å². The van der Waals surface area contributed by atoms with E-state index in [0.717, 1.165) is 0 Å². The molecule has 2 aromatic carbocycles. The van der Waals surface area contributed by atoms with Crippen LogP contribution in [0.25, 0.3) is 16.7 Å². The monoisotopic (exact) mass is 517 g/mol. The van der Waals surface area contributed by atoms with Crippen LogP contribution in [0, 0.1) is 5.82 Å². The number of rotatable bonds is 5. The van der Waals surface area contributed by atoms with Crippen molar-refractivity contribution >= 4 is 35.2 Å². The molecule has 2 aromatic rings. The van der Waals surface area contributed by atoms with Crippen LogP contribution in [-0.4, -0.2) is 62.5 Å². The molecule has 0 spiro atoms. The zero-order valence-corrected chi connectivity index (χ0v) is 21.6. The molecule has 10 nitrogen and oxygen atoms in total. The highest BCUT2D eigenvalue weighted by Gasteiger charge is 2.24. The van der Waals surface area contributed by atoms with Crippen molar-refractivity contribution in [2.24, 2.45) is 25.8 Å². The third kappa shape index (κ3) is 7.65. The molecule has 1 aliphatic rings. The summed E-state index contributed by atoms with van der Waals surface area (Å²) in [5.74, 6) is 1.84. The number of hydrogen-bond donors (Lipinski definition) is 3. The normalized spacial score (nSPS) is 16.6. The lowest BCUT2D eigenvalue weighted by Crippen LogP contribution is -2.36. The second-order valence-corrected chi connectivity index (χ2v) is 7.11. The Morgan fingerprint density at radius 2 is 1.67 bits per heavy atom. The predicted octanol–water partition coefficient (Wildman–Crippen LogP) is 2.45. The van der Waals surface area contributed by atoms with E-state index in [4.69, 9.17) is 18.2 Å². The van der Waals surface area contributed by atoms with Crippen LogP contribution < -0.4 is 25.7 Å². The molecule has 36 heavy (non-hydrogen) atoms. The number of aliphatic imine (C=N–C) groups is 3. The van der Waals surface area contributed by atoms with E-state index in [1.807, 2.05) is 0 Å². The fourth-order valence-electron chi connectivity index (χ4n) is 3.28. The molecule has 1 atom stereocenters. The van der Waals surface area contributed by atoms with Gasteiger partial charge >= 0.3 is 0 Å². The van der Waals surface area contributed by atoms with E-state index in [0.29, 0.717) is 51.0 Å². The first-order chi connectivity index (χ1) is 17.3. The quantitative estimate of drug-likeness (QED) is 0.408. The van der Waals surface area contributed by atoms with E-state index in [1.54, 1.807) is 77.0 Å². The first-order valence-electron chi connectivity index (χ1n) is 10.3. The van der Waals surface area contributed by atoms with E-state index in [9.17, 15) is 0 Å². The largest absolute Gasteiger partial charge is 0.760 e. The minimum absolute atomic E-state index is 0.385. The summed E-state index contributed by atoms with van der Waals surface area (Å²) < 4.78 is 44.1. The summed E-state index contributed by atoms with van der Waals surface area (Å²) in [7, 11) is 7.90. The Bertz CT molecular complexity index is 1210. The number of methoxy groups -OCH3 is 2. The molecule has 0 saturated carbocycles. The first kappa shape index (κ1) is 30.3. The van der Waals surface area contributed by atoms with Gasteiger partial charge in [-0.15, -0.1) is 0 Å². The lowest BCUT2D eigenvalue weighted by atomic mass is 9.93. The molecule has 0 fully saturated rings. The number of halogens is 1. The van der Waals surface area contributed by atoms with Crippen LogP contribution in [0.3, 0.4) is 0 Å². The van der Waals surface area contributed by atoms with Crippen LogP contribution in [-0.2, 0) is 11.3 Å². The average molecular weight is 518 g/mol. The highest BCUT2D eigenvalue weighted by atomic mass is 32.2. The van der Waals surface area contributed by atoms with Crippen molar-refractivity contribution < 1.29 is 22.6 Å². The summed E-state index contributed by atoms with van der Waals surface area (Å²) in [5.41, 5.74) is 7.13. The minimum Gasteiger partial charge on any atom is -0.760 e. The van der Waals surface area contributed by atoms with Gasteiger partial charge in [-0.2, -0.15) is 0 Å². The fourth-order valence-corrected chi connectivity index (χ4v) is 3.28. The smallest absolute Gasteiger partial charge is 0.139 e. The number of amidine groups is 2. The minimum atomic E-state index is -2.36. The van der Waals surface area contributed by atoms with Gasteiger partial charge in [0, 0.05) is 59.4 Å². The van der Waals surface area contributed by atoms with Crippen LogP contribution in [0.15, 0.2) is 69.2 Å². The number of benzene rings is 2. The zero-order chi connectivity index (χ0) is 27.3. The molecule has 12 heteroatoms. The Morgan fingerprint density at radius 3 is 2.19 bits per heavy atom. The maximum absolute atomic E-state index is 15.8. The average Bonchev–Trinajstić information content (AvgIpc) is 2.89. The molecule has 5 N–H and O–H groups in total. The lowest BCUT2D eigenvalue weighted by Gasteiger charge is -2.22. The third-order valence-electron chi connectivity index (χ3n) is 4.73. The van der Waals surface area contributed by atoms with E-state index >= 15 is 4.39 Å². The van der Waals surface area contributed by atoms with E-state index in [-0.39, 0.29) is 0 Å². The number of ether oxygens (including phenoxy) is 2. The van der Waals surface area contributed by atoms with Gasteiger partial charge in [0.25, 0.3) is 0 Å². The molecular formula is C24H30FN6O4S-. The summed E-state index contributed by atoms with van der Waals surface area (Å²) in [6.07, 6.45) is 3.36. The summed E-state index contributed by atoms with van der Waals surface area (Å²) >= 11 is -2.36. The Labute approximate surface area is 212 Å². The van der Waals surface area contributed by atoms with Crippen LogP contribution in [0.1, 0.15) is 5.56 Å². The summed E-state index contributed by atoms with van der Waals surface area (Å²) in [6, 6.07) is 10.5. The summed E-state index contributed by atoms with van der Waals surface area (Å²) in [6.45, 7) is 3.50. The number of nitrogens with one attached hydrogen (secondary N) is 1. The van der Waals surface area contributed by atoms with Gasteiger partial charge in [0.05, 0.1) is 14.2 Å². The van der Waals surface area contributed by atoms with Gasteiger partial charge in [-0.3, -0.25) is 24.3 Å². The standard InChI is InChI=1S/C23H23FN4O2.CH5N.H3NO2S/c1-25-13-14-11-19(23(27-3)28-22(14)26-2)17-8-6-7-16(21(17)24)18-12-15(29-4)9-10-20(18)30-5;1-2;1-4(2)3/h6-13H,1H2,2-5H3,(H,26,27,28);2H2,1H3;1H2,(H,2,3)/p-1/b14-13-;;. The third-order valence-corrected chi connectivity index (χ3v) is 4.73. The van der Waals surface area contributed by atoms with Gasteiger partial charge in [-0.05, 0) is 38.0 Å².